The molecule has 0 radical (unpaired) electrons. The first-order valence-corrected chi connectivity index (χ1v) is 10.5. The number of nitrogens with one attached hydrogen (secondary N) is 1. The summed E-state index contributed by atoms with van der Waals surface area (Å²) in [5.41, 5.74) is -0.279. The average molecular weight is 508 g/mol. The van der Waals surface area contributed by atoms with Crippen molar-refractivity contribution in [2.24, 2.45) is 0 Å². The Morgan fingerprint density at radius 3 is 2.67 bits per heavy atom. The highest BCUT2D eigenvalue weighted by atomic mass is 127. The quantitative estimate of drug-likeness (QED) is 0.445. The molecular weight excluding hydrogens is 491 g/mol. The van der Waals surface area contributed by atoms with Gasteiger partial charge < -0.3 is 9.84 Å². The van der Waals surface area contributed by atoms with Gasteiger partial charge in [0.1, 0.15) is 12.3 Å². The topological polar surface area (TPSA) is 128 Å². The van der Waals surface area contributed by atoms with Gasteiger partial charge in [-0.1, -0.05) is 17.7 Å². The maximum absolute atomic E-state index is 12.2. The molecule has 1 fully saturated rings. The summed E-state index contributed by atoms with van der Waals surface area (Å²) in [6.45, 7) is 1.43. The van der Waals surface area contributed by atoms with E-state index in [1.165, 1.54) is 18.3 Å². The highest BCUT2D eigenvalue weighted by molar-refractivity contribution is 14.1. The smallest absolute Gasteiger partial charge is 0.330 e. The zero-order chi connectivity index (χ0) is 19.8. The van der Waals surface area contributed by atoms with Crippen LogP contribution in [0.5, 0.6) is 0 Å². The van der Waals surface area contributed by atoms with Crippen molar-refractivity contribution < 1.29 is 22.4 Å². The Bertz CT molecular complexity index is 1050. The Hall–Kier alpha value is -1.54. The van der Waals surface area contributed by atoms with E-state index >= 15 is 0 Å². The van der Waals surface area contributed by atoms with Gasteiger partial charge in [-0.2, -0.15) is 8.42 Å². The van der Waals surface area contributed by atoms with Crippen LogP contribution in [-0.2, 0) is 19.0 Å². The number of halogens is 1. The van der Waals surface area contributed by atoms with Crippen molar-refractivity contribution in [3.8, 4) is 0 Å². The van der Waals surface area contributed by atoms with Crippen molar-refractivity contribution in [1.82, 2.24) is 9.55 Å². The van der Waals surface area contributed by atoms with E-state index in [0.29, 0.717) is 0 Å². The molecule has 0 saturated carbocycles. The lowest BCUT2D eigenvalue weighted by atomic mass is 10.2. The molecule has 0 spiro atoms. The zero-order valence-electron chi connectivity index (χ0n) is 14.2. The molecule has 3 unspecified atom stereocenters. The van der Waals surface area contributed by atoms with E-state index in [1.54, 1.807) is 34.7 Å². The molecule has 1 aliphatic heterocycles. The number of hydrogen-bond acceptors (Lipinski definition) is 7. The van der Waals surface area contributed by atoms with Gasteiger partial charge in [-0.3, -0.25) is 18.5 Å². The van der Waals surface area contributed by atoms with Crippen LogP contribution in [-0.4, -0.2) is 41.9 Å². The fraction of sp³-hybridized carbons (Fsp3) is 0.375. The largest absolute Gasteiger partial charge is 0.390 e. The summed E-state index contributed by atoms with van der Waals surface area (Å²) in [6.07, 6.45) is -1.42. The Labute approximate surface area is 168 Å². The summed E-state index contributed by atoms with van der Waals surface area (Å²) in [6, 6.07) is 6.16. The molecule has 0 bridgehead atoms. The maximum Gasteiger partial charge on any atom is 0.330 e. The molecule has 2 heterocycles. The van der Waals surface area contributed by atoms with Crippen LogP contribution in [0.1, 0.15) is 18.2 Å². The van der Waals surface area contributed by atoms with Crippen LogP contribution in [0.2, 0.25) is 0 Å². The third-order valence-corrected chi connectivity index (χ3v) is 6.20. The molecule has 0 amide bonds. The molecule has 3 rings (SSSR count). The highest BCUT2D eigenvalue weighted by Crippen LogP contribution is 2.28. The number of hydrogen-bond donors (Lipinski definition) is 2. The van der Waals surface area contributed by atoms with Crippen LogP contribution in [0.3, 0.4) is 0 Å². The fourth-order valence-corrected chi connectivity index (χ4v) is 3.99. The molecule has 1 aliphatic rings. The second-order valence-corrected chi connectivity index (χ2v) is 8.91. The molecule has 9 nitrogen and oxygen atoms in total. The third kappa shape index (κ3) is 4.48. The second-order valence-electron chi connectivity index (χ2n) is 6.13. The number of ether oxygens (including phenoxy) is 1. The number of H-pyrrole nitrogens is 1. The standard InChI is InChI=1S/C16H17IN2O7S/c1-9-2-4-10(5-3-9)27(23,24)25-8-13-12(20)6-14(26-13)19-7-11(17)15(21)18-16(19)22/h2-5,7,12-14,20H,6,8H2,1H3,(H,18,21,22). The lowest BCUT2D eigenvalue weighted by Gasteiger charge is -2.16. The minimum Gasteiger partial charge on any atom is -0.390 e. The number of aryl methyl sites for hydroxylation is 1. The lowest BCUT2D eigenvalue weighted by Crippen LogP contribution is -2.33. The van der Waals surface area contributed by atoms with Crippen molar-refractivity contribution >= 4 is 32.7 Å². The molecule has 146 valence electrons. The van der Waals surface area contributed by atoms with Gasteiger partial charge >= 0.3 is 5.69 Å². The number of aliphatic hydroxyl groups is 1. The van der Waals surface area contributed by atoms with E-state index in [-0.39, 0.29) is 14.9 Å². The molecule has 1 aromatic heterocycles. The van der Waals surface area contributed by atoms with Crippen LogP contribution < -0.4 is 11.2 Å². The molecular formula is C16H17IN2O7S. The first-order valence-electron chi connectivity index (χ1n) is 7.98. The summed E-state index contributed by atoms with van der Waals surface area (Å²) in [5.74, 6) is 0. The van der Waals surface area contributed by atoms with Gasteiger partial charge in [-0.25, -0.2) is 4.79 Å². The fourth-order valence-electron chi connectivity index (χ4n) is 2.64. The molecule has 11 heteroatoms. The number of rotatable bonds is 5. The summed E-state index contributed by atoms with van der Waals surface area (Å²) in [5, 5.41) is 10.2. The van der Waals surface area contributed by atoms with Gasteiger partial charge in [-0.05, 0) is 41.6 Å². The van der Waals surface area contributed by atoms with Gasteiger partial charge in [0.05, 0.1) is 21.2 Å². The van der Waals surface area contributed by atoms with E-state index in [1.807, 2.05) is 6.92 Å². The van der Waals surface area contributed by atoms with Crippen LogP contribution in [0.15, 0.2) is 44.9 Å². The van der Waals surface area contributed by atoms with Crippen LogP contribution >= 0.6 is 22.6 Å². The molecule has 1 aromatic carbocycles. The van der Waals surface area contributed by atoms with Crippen molar-refractivity contribution in [3.63, 3.8) is 0 Å². The molecule has 2 aromatic rings. The number of benzene rings is 1. The lowest BCUT2D eigenvalue weighted by molar-refractivity contribution is -0.0400. The SMILES string of the molecule is Cc1ccc(S(=O)(=O)OCC2OC(n3cc(I)c(=O)[nH]c3=O)CC2O)cc1. The van der Waals surface area contributed by atoms with E-state index in [4.69, 9.17) is 8.92 Å². The molecule has 0 aliphatic carbocycles. The minimum atomic E-state index is -4.00. The molecule has 27 heavy (non-hydrogen) atoms. The second kappa shape index (κ2) is 7.83. The van der Waals surface area contributed by atoms with E-state index in [9.17, 15) is 23.1 Å². The van der Waals surface area contributed by atoms with Crippen molar-refractivity contribution in [3.05, 3.63) is 60.4 Å². The zero-order valence-corrected chi connectivity index (χ0v) is 17.1. The van der Waals surface area contributed by atoms with E-state index in [2.05, 4.69) is 4.98 Å². The normalized spacial score (nSPS) is 22.9. The van der Waals surface area contributed by atoms with Gasteiger partial charge in [0, 0.05) is 12.6 Å². The number of nitrogens with zero attached hydrogens (tertiary/aromatic N) is 1. The summed E-state index contributed by atoms with van der Waals surface area (Å²) >= 11 is 1.77. The van der Waals surface area contributed by atoms with Crippen molar-refractivity contribution in [2.45, 2.75) is 36.7 Å². The maximum atomic E-state index is 12.2. The molecule has 1 saturated heterocycles. The number of aromatic nitrogens is 2. The van der Waals surface area contributed by atoms with Crippen LogP contribution in [0.25, 0.3) is 0 Å². The predicted octanol–water partition coefficient (Wildman–Crippen LogP) is 0.504. The molecule has 2 N–H and O–H groups in total. The summed E-state index contributed by atoms with van der Waals surface area (Å²) < 4.78 is 36.5. The van der Waals surface area contributed by atoms with Crippen LogP contribution in [0.4, 0.5) is 0 Å². The third-order valence-electron chi connectivity index (χ3n) is 4.14. The summed E-state index contributed by atoms with van der Waals surface area (Å²) in [4.78, 5) is 25.5. The van der Waals surface area contributed by atoms with E-state index in [0.717, 1.165) is 10.1 Å². The van der Waals surface area contributed by atoms with Crippen molar-refractivity contribution in [2.75, 3.05) is 6.61 Å². The highest BCUT2D eigenvalue weighted by Gasteiger charge is 2.37. The first-order chi connectivity index (χ1) is 12.7. The summed E-state index contributed by atoms with van der Waals surface area (Å²) in [7, 11) is -4.00. The van der Waals surface area contributed by atoms with Gasteiger partial charge in [-0.15, -0.1) is 0 Å². The van der Waals surface area contributed by atoms with E-state index < -0.39 is 46.4 Å². The van der Waals surface area contributed by atoms with Gasteiger partial charge in [0.25, 0.3) is 15.7 Å². The Morgan fingerprint density at radius 2 is 2.00 bits per heavy atom. The van der Waals surface area contributed by atoms with Gasteiger partial charge in [0.2, 0.25) is 0 Å². The Morgan fingerprint density at radius 1 is 1.33 bits per heavy atom. The monoisotopic (exact) mass is 508 g/mol. The van der Waals surface area contributed by atoms with Crippen LogP contribution in [0, 0.1) is 10.5 Å². The predicted molar refractivity (Wildman–Crippen MR) is 103 cm³/mol. The number of aromatic amines is 1. The van der Waals surface area contributed by atoms with Gasteiger partial charge in [0.15, 0.2) is 0 Å². The first kappa shape index (κ1) is 20.2. The van der Waals surface area contributed by atoms with Crippen molar-refractivity contribution in [1.29, 1.82) is 0 Å². The number of aliphatic hydroxyl groups excluding tert-OH is 1. The minimum absolute atomic E-state index is 0.00328. The Balaban J connectivity index is 1.70. The Kier molecular flexibility index (Phi) is 5.86. The average Bonchev–Trinajstić information content (AvgIpc) is 2.97. The molecule has 3 atom stereocenters.